The Labute approximate surface area is 184 Å². The SMILES string of the molecule is [2H]c1c(C([2H])([2H])[2H])ccc(-c2c(C)ccc3c2oc2cc(C4([2H])CCCCC4)cc([N+]#[C-])c23)[n+]1C. The number of hydrogen-bond acceptors (Lipinski definition) is 1. The minimum atomic E-state index is -2.37. The van der Waals surface area contributed by atoms with Gasteiger partial charge in [-0.05, 0) is 50.2 Å². The molecule has 1 aliphatic carbocycles. The van der Waals surface area contributed by atoms with Gasteiger partial charge in [-0.1, -0.05) is 43.0 Å². The van der Waals surface area contributed by atoms with E-state index in [1.807, 2.05) is 31.2 Å². The third-order valence-electron chi connectivity index (χ3n) is 6.23. The van der Waals surface area contributed by atoms with Gasteiger partial charge in [0.05, 0.1) is 12.1 Å². The van der Waals surface area contributed by atoms with Crippen LogP contribution in [0.4, 0.5) is 5.69 Å². The quantitative estimate of drug-likeness (QED) is 0.256. The first-order valence-corrected chi connectivity index (χ1v) is 10.4. The fourth-order valence-electron chi connectivity index (χ4n) is 4.73. The van der Waals surface area contributed by atoms with Gasteiger partial charge in [-0.25, -0.2) is 9.41 Å². The zero-order chi connectivity index (χ0) is 25.1. The van der Waals surface area contributed by atoms with E-state index < -0.39 is 12.7 Å². The van der Waals surface area contributed by atoms with Crippen LogP contribution in [-0.2, 0) is 7.05 Å². The number of fused-ring (bicyclic) bond motifs is 3. The lowest BCUT2D eigenvalue weighted by Crippen LogP contribution is -2.31. The van der Waals surface area contributed by atoms with Crippen molar-refractivity contribution in [2.24, 2.45) is 7.05 Å². The van der Waals surface area contributed by atoms with E-state index in [9.17, 15) is 0 Å². The number of hydrogen-bond donors (Lipinski definition) is 0. The van der Waals surface area contributed by atoms with E-state index in [0.717, 1.165) is 59.6 Å². The summed E-state index contributed by atoms with van der Waals surface area (Å²) in [6.07, 6.45) is 4.64. The molecule has 4 aromatic rings. The number of benzene rings is 2. The summed E-state index contributed by atoms with van der Waals surface area (Å²) in [7, 11) is 1.68. The van der Waals surface area contributed by atoms with Gasteiger partial charge >= 0.3 is 0 Å². The molecule has 2 aromatic carbocycles. The van der Waals surface area contributed by atoms with Gasteiger partial charge in [0.2, 0.25) is 5.69 Å². The molecule has 30 heavy (non-hydrogen) atoms. The molecule has 0 aliphatic heterocycles. The number of aromatic nitrogens is 1. The standard InChI is InChI=1S/C27H27N2O/c1-17-10-13-23(29(4)16-17)25-18(2)11-12-21-26-22(28-3)14-20(15-24(26)30-27(21)25)19-8-6-5-7-9-19/h10-16,19H,5-9H2,1-2,4H3/q+1/i1D3,16D,19D. The lowest BCUT2D eigenvalue weighted by molar-refractivity contribution is -0.660. The van der Waals surface area contributed by atoms with E-state index in [-0.39, 0.29) is 11.7 Å². The molecule has 3 nitrogen and oxygen atoms in total. The smallest absolute Gasteiger partial charge is 0.216 e. The molecule has 1 saturated carbocycles. The number of pyridine rings is 1. The van der Waals surface area contributed by atoms with Crippen LogP contribution in [0, 0.1) is 20.3 Å². The average Bonchev–Trinajstić information content (AvgIpc) is 3.19. The fourth-order valence-corrected chi connectivity index (χ4v) is 4.73. The molecule has 0 atom stereocenters. The van der Waals surface area contributed by atoms with E-state index in [1.54, 1.807) is 17.7 Å². The van der Waals surface area contributed by atoms with Crippen LogP contribution in [0.2, 0.25) is 0 Å². The Morgan fingerprint density at radius 1 is 1.20 bits per heavy atom. The summed E-state index contributed by atoms with van der Waals surface area (Å²) in [5.41, 5.74) is 4.83. The molecule has 0 N–H and O–H groups in total. The summed E-state index contributed by atoms with van der Waals surface area (Å²) in [4.78, 5) is 3.81. The minimum absolute atomic E-state index is 0.00801. The van der Waals surface area contributed by atoms with Gasteiger partial charge in [0.15, 0.2) is 11.9 Å². The van der Waals surface area contributed by atoms with Crippen molar-refractivity contribution < 1.29 is 15.8 Å². The Kier molecular flexibility index (Phi) is 3.40. The van der Waals surface area contributed by atoms with Crippen molar-refractivity contribution in [3.63, 3.8) is 0 Å². The zero-order valence-corrected chi connectivity index (χ0v) is 17.3. The number of aryl methyl sites for hydroxylation is 2. The van der Waals surface area contributed by atoms with Crippen LogP contribution in [0.25, 0.3) is 38.0 Å². The van der Waals surface area contributed by atoms with Crippen molar-refractivity contribution in [2.75, 3.05) is 0 Å². The van der Waals surface area contributed by atoms with Crippen molar-refractivity contribution in [3.8, 4) is 11.3 Å². The average molecular weight is 401 g/mol. The largest absolute Gasteiger partial charge is 0.457 e. The van der Waals surface area contributed by atoms with Crippen molar-refractivity contribution in [1.82, 2.24) is 0 Å². The number of nitrogens with zero attached hydrogens (tertiary/aromatic N) is 2. The lowest BCUT2D eigenvalue weighted by atomic mass is 9.83. The first-order valence-electron chi connectivity index (χ1n) is 12.9. The molecular weight excluding hydrogens is 368 g/mol. The Morgan fingerprint density at radius 2 is 2.03 bits per heavy atom. The Hall–Kier alpha value is -3.12. The van der Waals surface area contributed by atoms with E-state index >= 15 is 0 Å². The van der Waals surface area contributed by atoms with Gasteiger partial charge < -0.3 is 4.42 Å². The van der Waals surface area contributed by atoms with Gasteiger partial charge in [0.1, 0.15) is 19.6 Å². The predicted molar refractivity (Wildman–Crippen MR) is 122 cm³/mol. The first-order chi connectivity index (χ1) is 16.5. The van der Waals surface area contributed by atoms with Crippen LogP contribution in [0.1, 0.15) is 61.5 Å². The molecule has 150 valence electrons. The summed E-state index contributed by atoms with van der Waals surface area (Å²) >= 11 is 0. The van der Waals surface area contributed by atoms with E-state index in [4.69, 9.17) is 17.8 Å². The van der Waals surface area contributed by atoms with Crippen LogP contribution in [0.3, 0.4) is 0 Å². The van der Waals surface area contributed by atoms with E-state index in [0.29, 0.717) is 22.5 Å². The molecule has 2 heterocycles. The molecule has 0 unspecified atom stereocenters. The van der Waals surface area contributed by atoms with Crippen LogP contribution < -0.4 is 4.57 Å². The van der Waals surface area contributed by atoms with Gasteiger partial charge in [0, 0.05) is 27.9 Å². The second-order valence-corrected chi connectivity index (χ2v) is 8.18. The first kappa shape index (κ1) is 14.0. The van der Waals surface area contributed by atoms with Gasteiger partial charge in [-0.15, -0.1) is 0 Å². The number of rotatable bonds is 2. The van der Waals surface area contributed by atoms with Crippen LogP contribution in [0.15, 0.2) is 47.0 Å². The van der Waals surface area contributed by atoms with Crippen LogP contribution >= 0.6 is 0 Å². The highest BCUT2D eigenvalue weighted by molar-refractivity contribution is 6.15. The van der Waals surface area contributed by atoms with E-state index in [2.05, 4.69) is 4.85 Å². The Bertz CT molecular complexity index is 1520. The highest BCUT2D eigenvalue weighted by Crippen LogP contribution is 2.44. The van der Waals surface area contributed by atoms with Gasteiger partial charge in [0.25, 0.3) is 0 Å². The maximum absolute atomic E-state index is 9.06. The minimum Gasteiger partial charge on any atom is -0.457 e. The van der Waals surface area contributed by atoms with Crippen LogP contribution in [-0.4, -0.2) is 0 Å². The summed E-state index contributed by atoms with van der Waals surface area (Å²) in [6.45, 7) is 7.43. The van der Waals surface area contributed by atoms with Crippen molar-refractivity contribution in [1.29, 1.82) is 0 Å². The molecule has 5 rings (SSSR count). The molecule has 0 amide bonds. The summed E-state index contributed by atoms with van der Waals surface area (Å²) in [6, 6.07) is 10.9. The van der Waals surface area contributed by atoms with Crippen LogP contribution in [0.5, 0.6) is 0 Å². The lowest BCUT2D eigenvalue weighted by Gasteiger charge is -2.22. The molecule has 0 spiro atoms. The number of furan rings is 1. The Balaban J connectivity index is 1.79. The molecule has 1 fully saturated rings. The highest BCUT2D eigenvalue weighted by Gasteiger charge is 2.24. The molecule has 2 aromatic heterocycles. The zero-order valence-electron chi connectivity index (χ0n) is 22.3. The molecule has 0 radical (unpaired) electrons. The molecule has 3 heteroatoms. The monoisotopic (exact) mass is 400 g/mol. The maximum Gasteiger partial charge on any atom is 0.216 e. The normalized spacial score (nSPS) is 18.9. The molecule has 0 bridgehead atoms. The van der Waals surface area contributed by atoms with Gasteiger partial charge in [-0.2, -0.15) is 0 Å². The van der Waals surface area contributed by atoms with E-state index in [1.165, 1.54) is 6.07 Å². The summed E-state index contributed by atoms with van der Waals surface area (Å²) < 4.78 is 48.7. The topological polar surface area (TPSA) is 21.4 Å². The van der Waals surface area contributed by atoms with Crippen molar-refractivity contribution in [2.45, 2.75) is 51.8 Å². The van der Waals surface area contributed by atoms with Crippen molar-refractivity contribution >= 4 is 27.6 Å². The third kappa shape index (κ3) is 2.99. The third-order valence-corrected chi connectivity index (χ3v) is 6.23. The molecular formula is C27H27N2O+. The summed E-state index contributed by atoms with van der Waals surface area (Å²) in [5.74, 6) is -0.707. The van der Waals surface area contributed by atoms with Crippen molar-refractivity contribution in [3.05, 3.63) is 70.7 Å². The second-order valence-electron chi connectivity index (χ2n) is 8.18. The maximum atomic E-state index is 9.06. The Morgan fingerprint density at radius 3 is 2.80 bits per heavy atom. The molecule has 1 aliphatic rings. The highest BCUT2D eigenvalue weighted by atomic mass is 16.3. The summed E-state index contributed by atoms with van der Waals surface area (Å²) in [5, 5.41) is 1.53. The molecule has 0 saturated heterocycles. The fraction of sp³-hybridized carbons (Fsp3) is 0.333. The van der Waals surface area contributed by atoms with Gasteiger partial charge in [-0.3, -0.25) is 0 Å². The second kappa shape index (κ2) is 7.29. The predicted octanol–water partition coefficient (Wildman–Crippen LogP) is 7.29.